The minimum absolute atomic E-state index is 0.514. The smallest absolute Gasteiger partial charge is 0.366 e. The molecular formula is C5H5FN2O3S. The highest BCUT2D eigenvalue weighted by molar-refractivity contribution is 7.84. The van der Waals surface area contributed by atoms with Crippen LogP contribution in [0.15, 0.2) is 18.3 Å². The molecule has 0 atom stereocenters. The number of aromatic nitrogens is 1. The normalized spacial score (nSPS) is 11.2. The van der Waals surface area contributed by atoms with E-state index in [9.17, 15) is 12.8 Å². The van der Waals surface area contributed by atoms with Gasteiger partial charge in [0.2, 0.25) is 0 Å². The molecule has 0 aromatic carbocycles. The van der Waals surface area contributed by atoms with E-state index in [0.29, 0.717) is 0 Å². The molecule has 66 valence electrons. The van der Waals surface area contributed by atoms with Gasteiger partial charge in [-0.25, -0.2) is 4.98 Å². The van der Waals surface area contributed by atoms with E-state index in [2.05, 4.69) is 14.3 Å². The average Bonchev–Trinajstić information content (AvgIpc) is 1.91. The Hall–Kier alpha value is -1.21. The number of hydrogen-bond donors (Lipinski definition) is 1. The third kappa shape index (κ3) is 2.44. The Morgan fingerprint density at radius 2 is 2.25 bits per heavy atom. The predicted molar refractivity (Wildman–Crippen MR) is 37.9 cm³/mol. The van der Waals surface area contributed by atoms with Crippen LogP contribution >= 0.6 is 0 Å². The van der Waals surface area contributed by atoms with Crippen molar-refractivity contribution in [3.8, 4) is 5.75 Å². The van der Waals surface area contributed by atoms with Crippen molar-refractivity contribution in [1.82, 2.24) is 4.98 Å². The maximum absolute atomic E-state index is 12.6. The Morgan fingerprint density at radius 3 is 2.75 bits per heavy atom. The van der Waals surface area contributed by atoms with E-state index in [1.807, 2.05) is 0 Å². The maximum Gasteiger partial charge on any atom is 0.380 e. The number of nitrogens with two attached hydrogens (primary N) is 1. The highest BCUT2D eigenvalue weighted by Gasteiger charge is 2.09. The Kier molecular flexibility index (Phi) is 2.25. The molecule has 1 rings (SSSR count). The van der Waals surface area contributed by atoms with Crippen molar-refractivity contribution in [2.45, 2.75) is 0 Å². The zero-order valence-electron chi connectivity index (χ0n) is 5.77. The van der Waals surface area contributed by atoms with Crippen molar-refractivity contribution in [3.63, 3.8) is 0 Å². The molecule has 12 heavy (non-hydrogen) atoms. The second-order valence-corrected chi connectivity index (χ2v) is 3.02. The summed E-state index contributed by atoms with van der Waals surface area (Å²) in [6, 6.07) is 2.43. The van der Waals surface area contributed by atoms with Crippen LogP contribution in [0.25, 0.3) is 0 Å². The molecule has 0 amide bonds. The van der Waals surface area contributed by atoms with Crippen molar-refractivity contribution in [2.24, 2.45) is 5.14 Å². The quantitative estimate of drug-likeness (QED) is 0.658. The number of hydrogen-bond acceptors (Lipinski definition) is 4. The summed E-state index contributed by atoms with van der Waals surface area (Å²) < 4.78 is 37.2. The molecule has 0 radical (unpaired) electrons. The lowest BCUT2D eigenvalue weighted by molar-refractivity contribution is 0.452. The summed E-state index contributed by atoms with van der Waals surface area (Å²) in [7, 11) is -4.18. The molecule has 1 aromatic heterocycles. The fraction of sp³-hybridized carbons (Fsp3) is 0. The number of halogens is 1. The summed E-state index contributed by atoms with van der Waals surface area (Å²) >= 11 is 0. The van der Waals surface area contributed by atoms with Crippen molar-refractivity contribution >= 4 is 10.3 Å². The summed E-state index contributed by atoms with van der Waals surface area (Å²) in [4.78, 5) is 3.15. The highest BCUT2D eigenvalue weighted by Crippen LogP contribution is 2.13. The Balaban J connectivity index is 2.98. The summed E-state index contributed by atoms with van der Waals surface area (Å²) in [5.41, 5.74) is 0. The summed E-state index contributed by atoms with van der Waals surface area (Å²) in [5, 5.41) is 4.49. The van der Waals surface area contributed by atoms with Crippen LogP contribution in [-0.2, 0) is 10.3 Å². The van der Waals surface area contributed by atoms with Crippen molar-refractivity contribution in [1.29, 1.82) is 0 Å². The Labute approximate surface area is 68.2 Å². The molecule has 1 aromatic rings. The van der Waals surface area contributed by atoms with Gasteiger partial charge >= 0.3 is 10.3 Å². The van der Waals surface area contributed by atoms with E-state index in [0.717, 1.165) is 12.3 Å². The van der Waals surface area contributed by atoms with Crippen LogP contribution in [0.4, 0.5) is 4.39 Å². The van der Waals surface area contributed by atoms with Gasteiger partial charge in [-0.05, 0) is 12.1 Å². The molecule has 0 spiro atoms. The number of nitrogens with zero attached hydrogens (tertiary/aromatic N) is 1. The Bertz CT molecular complexity index is 378. The van der Waals surface area contributed by atoms with E-state index in [1.165, 1.54) is 6.07 Å². The van der Waals surface area contributed by atoms with E-state index < -0.39 is 22.0 Å². The molecule has 0 fully saturated rings. The molecule has 0 bridgehead atoms. The zero-order chi connectivity index (χ0) is 9.19. The standard InChI is InChI=1S/C5H5FN2O3S/c6-5-4(2-1-3-8-5)11-12(7,9)10/h1-3H,(H2,7,9,10). The van der Waals surface area contributed by atoms with Crippen LogP contribution in [-0.4, -0.2) is 13.4 Å². The van der Waals surface area contributed by atoms with E-state index in [4.69, 9.17) is 0 Å². The largest absolute Gasteiger partial charge is 0.380 e. The topological polar surface area (TPSA) is 82.3 Å². The van der Waals surface area contributed by atoms with Gasteiger partial charge in [-0.1, -0.05) is 0 Å². The van der Waals surface area contributed by atoms with Gasteiger partial charge in [-0.3, -0.25) is 0 Å². The molecule has 1 heterocycles. The monoisotopic (exact) mass is 192 g/mol. The number of rotatable bonds is 2. The van der Waals surface area contributed by atoms with Crippen LogP contribution in [0.5, 0.6) is 5.75 Å². The van der Waals surface area contributed by atoms with Crippen LogP contribution < -0.4 is 9.32 Å². The molecule has 0 aliphatic carbocycles. The molecule has 0 saturated heterocycles. The van der Waals surface area contributed by atoms with Gasteiger partial charge in [0.05, 0.1) is 0 Å². The molecular weight excluding hydrogens is 187 g/mol. The third-order valence-corrected chi connectivity index (χ3v) is 1.34. The van der Waals surface area contributed by atoms with Crippen LogP contribution in [0.3, 0.4) is 0 Å². The molecule has 0 aliphatic rings. The first kappa shape index (κ1) is 8.88. The zero-order valence-corrected chi connectivity index (χ0v) is 6.58. The second kappa shape index (κ2) is 3.03. The van der Waals surface area contributed by atoms with Crippen LogP contribution in [0.1, 0.15) is 0 Å². The first-order valence-electron chi connectivity index (χ1n) is 2.82. The van der Waals surface area contributed by atoms with Crippen molar-refractivity contribution in [2.75, 3.05) is 0 Å². The molecule has 5 nitrogen and oxygen atoms in total. The van der Waals surface area contributed by atoms with Gasteiger partial charge in [0.1, 0.15) is 0 Å². The van der Waals surface area contributed by atoms with Gasteiger partial charge in [-0.15, -0.1) is 0 Å². The molecule has 0 saturated carbocycles. The van der Waals surface area contributed by atoms with E-state index in [-0.39, 0.29) is 0 Å². The summed E-state index contributed by atoms with van der Waals surface area (Å²) in [6.07, 6.45) is 1.16. The van der Waals surface area contributed by atoms with Crippen LogP contribution in [0, 0.1) is 5.95 Å². The lowest BCUT2D eigenvalue weighted by atomic mass is 10.5. The summed E-state index contributed by atoms with van der Waals surface area (Å²) in [5.74, 6) is -1.54. The molecule has 0 unspecified atom stereocenters. The first-order chi connectivity index (χ1) is 5.49. The SMILES string of the molecule is NS(=O)(=O)Oc1cccnc1F. The predicted octanol–water partition coefficient (Wildman–Crippen LogP) is -0.197. The fourth-order valence-electron chi connectivity index (χ4n) is 0.559. The van der Waals surface area contributed by atoms with Gasteiger partial charge in [0.25, 0.3) is 5.95 Å². The van der Waals surface area contributed by atoms with Gasteiger partial charge in [0, 0.05) is 6.20 Å². The van der Waals surface area contributed by atoms with Crippen molar-refractivity contribution < 1.29 is 17.0 Å². The highest BCUT2D eigenvalue weighted by atomic mass is 32.2. The Morgan fingerprint density at radius 1 is 1.58 bits per heavy atom. The van der Waals surface area contributed by atoms with Gasteiger partial charge in [-0.2, -0.15) is 17.9 Å². The molecule has 0 aliphatic heterocycles. The first-order valence-corrected chi connectivity index (χ1v) is 4.29. The average molecular weight is 192 g/mol. The number of pyridine rings is 1. The molecule has 2 N–H and O–H groups in total. The van der Waals surface area contributed by atoms with Gasteiger partial charge in [0.15, 0.2) is 5.75 Å². The van der Waals surface area contributed by atoms with Crippen molar-refractivity contribution in [3.05, 3.63) is 24.3 Å². The minimum Gasteiger partial charge on any atom is -0.366 e. The lowest BCUT2D eigenvalue weighted by Crippen LogP contribution is -2.19. The third-order valence-electron chi connectivity index (χ3n) is 0.931. The second-order valence-electron chi connectivity index (χ2n) is 1.87. The van der Waals surface area contributed by atoms with Crippen LogP contribution in [0.2, 0.25) is 0 Å². The van der Waals surface area contributed by atoms with E-state index >= 15 is 0 Å². The van der Waals surface area contributed by atoms with E-state index in [1.54, 1.807) is 0 Å². The van der Waals surface area contributed by atoms with Gasteiger partial charge < -0.3 is 4.18 Å². The maximum atomic E-state index is 12.6. The fourth-order valence-corrected chi connectivity index (χ4v) is 0.933. The summed E-state index contributed by atoms with van der Waals surface area (Å²) in [6.45, 7) is 0. The minimum atomic E-state index is -4.18. The lowest BCUT2D eigenvalue weighted by Gasteiger charge is -2.00. The molecule has 7 heteroatoms.